The molecule has 2 aromatic carbocycles. The third-order valence-corrected chi connectivity index (χ3v) is 5.79. The zero-order valence-electron chi connectivity index (χ0n) is 17.7. The smallest absolute Gasteiger partial charge is 0.318 e. The van der Waals surface area contributed by atoms with E-state index in [9.17, 15) is 9.59 Å². The summed E-state index contributed by atoms with van der Waals surface area (Å²) in [5.41, 5.74) is 8.34. The van der Waals surface area contributed by atoms with Gasteiger partial charge in [0.05, 0.1) is 16.3 Å². The Morgan fingerprint density at radius 3 is 2.75 bits per heavy atom. The van der Waals surface area contributed by atoms with Crippen LogP contribution in [0.4, 0.5) is 10.5 Å². The number of nitrogens with two attached hydrogens (primary N) is 1. The van der Waals surface area contributed by atoms with Gasteiger partial charge in [0.2, 0.25) is 0 Å². The fourth-order valence-electron chi connectivity index (χ4n) is 3.84. The Morgan fingerprint density at radius 2 is 2.03 bits per heavy atom. The Kier molecular flexibility index (Phi) is 6.43. The standard InChI is InChI=1S/C23H25ClN6O2/c1-16-14-29(21-6-3-2-5-17(21)15-28(16)23(32)26-11-9-25)22(31)19-8-7-18(13-20(19)24)30-12-4-10-27-30/h2-8,10,12-13,16H,9,11,14-15,25H2,1H3,(H,26,32)/t16-/m1/s1. The van der Waals surface area contributed by atoms with Crippen molar-refractivity contribution in [2.45, 2.75) is 19.5 Å². The van der Waals surface area contributed by atoms with Gasteiger partial charge in [0, 0.05) is 50.3 Å². The molecule has 9 heteroatoms. The van der Waals surface area contributed by atoms with Crippen LogP contribution in [-0.4, -0.2) is 52.3 Å². The summed E-state index contributed by atoms with van der Waals surface area (Å²) in [4.78, 5) is 29.7. The lowest BCUT2D eigenvalue weighted by Crippen LogP contribution is -2.49. The van der Waals surface area contributed by atoms with Gasteiger partial charge in [-0.15, -0.1) is 0 Å². The van der Waals surface area contributed by atoms with Gasteiger partial charge in [-0.1, -0.05) is 29.8 Å². The molecule has 3 N–H and O–H groups in total. The molecule has 0 saturated carbocycles. The summed E-state index contributed by atoms with van der Waals surface area (Å²) in [6.07, 6.45) is 3.49. The number of urea groups is 1. The molecule has 4 rings (SSSR count). The van der Waals surface area contributed by atoms with Crippen molar-refractivity contribution in [3.63, 3.8) is 0 Å². The molecule has 166 valence electrons. The second-order valence-electron chi connectivity index (χ2n) is 7.66. The summed E-state index contributed by atoms with van der Waals surface area (Å²) in [5, 5.41) is 7.37. The molecule has 0 radical (unpaired) electrons. The first-order chi connectivity index (χ1) is 15.5. The largest absolute Gasteiger partial charge is 0.337 e. The van der Waals surface area contributed by atoms with Gasteiger partial charge >= 0.3 is 6.03 Å². The molecule has 0 unspecified atom stereocenters. The van der Waals surface area contributed by atoms with E-state index in [2.05, 4.69) is 10.4 Å². The zero-order chi connectivity index (χ0) is 22.7. The van der Waals surface area contributed by atoms with Crippen molar-refractivity contribution in [2.24, 2.45) is 5.73 Å². The second kappa shape index (κ2) is 9.42. The lowest BCUT2D eigenvalue weighted by Gasteiger charge is -2.29. The van der Waals surface area contributed by atoms with E-state index < -0.39 is 0 Å². The fraction of sp³-hybridized carbons (Fsp3) is 0.261. The molecule has 0 saturated heterocycles. The number of amides is 3. The summed E-state index contributed by atoms with van der Waals surface area (Å²) in [5.74, 6) is -0.217. The van der Waals surface area contributed by atoms with E-state index in [1.165, 1.54) is 0 Å². The van der Waals surface area contributed by atoms with Crippen LogP contribution in [0.3, 0.4) is 0 Å². The van der Waals surface area contributed by atoms with E-state index in [1.54, 1.807) is 32.8 Å². The summed E-state index contributed by atoms with van der Waals surface area (Å²) in [7, 11) is 0. The first kappa shape index (κ1) is 21.9. The molecular formula is C23H25ClN6O2. The molecule has 1 atom stereocenters. The summed E-state index contributed by atoms with van der Waals surface area (Å²) >= 11 is 6.53. The average molecular weight is 453 g/mol. The van der Waals surface area contributed by atoms with Crippen LogP contribution in [0.25, 0.3) is 5.69 Å². The van der Waals surface area contributed by atoms with E-state index >= 15 is 0 Å². The summed E-state index contributed by atoms with van der Waals surface area (Å²) < 4.78 is 1.68. The lowest BCUT2D eigenvalue weighted by molar-refractivity contribution is 0.0980. The van der Waals surface area contributed by atoms with Crippen LogP contribution in [0.1, 0.15) is 22.8 Å². The average Bonchev–Trinajstić information content (AvgIpc) is 3.29. The number of carbonyl (C=O) groups excluding carboxylic acids is 2. The highest BCUT2D eigenvalue weighted by atomic mass is 35.5. The van der Waals surface area contributed by atoms with Crippen molar-refractivity contribution in [3.8, 4) is 5.69 Å². The van der Waals surface area contributed by atoms with Crippen molar-refractivity contribution in [3.05, 3.63) is 77.1 Å². The Morgan fingerprint density at radius 1 is 1.22 bits per heavy atom. The number of fused-ring (bicyclic) bond motifs is 1. The quantitative estimate of drug-likeness (QED) is 0.635. The van der Waals surface area contributed by atoms with E-state index in [0.717, 1.165) is 16.9 Å². The fourth-order valence-corrected chi connectivity index (χ4v) is 4.10. The normalized spacial score (nSPS) is 15.8. The highest BCUT2D eigenvalue weighted by Crippen LogP contribution is 2.30. The van der Waals surface area contributed by atoms with Gasteiger partial charge in [0.15, 0.2) is 0 Å². The predicted octanol–water partition coefficient (Wildman–Crippen LogP) is 3.04. The van der Waals surface area contributed by atoms with Crippen LogP contribution in [0.5, 0.6) is 0 Å². The molecule has 8 nitrogen and oxygen atoms in total. The Labute approximate surface area is 191 Å². The summed E-state index contributed by atoms with van der Waals surface area (Å²) in [6.45, 7) is 3.41. The van der Waals surface area contributed by atoms with E-state index in [-0.39, 0.29) is 18.0 Å². The van der Waals surface area contributed by atoms with Crippen molar-refractivity contribution >= 4 is 29.2 Å². The van der Waals surface area contributed by atoms with Crippen LogP contribution < -0.4 is 16.0 Å². The zero-order valence-corrected chi connectivity index (χ0v) is 18.5. The van der Waals surface area contributed by atoms with Gasteiger partial charge in [-0.3, -0.25) is 4.79 Å². The molecule has 0 bridgehead atoms. The van der Waals surface area contributed by atoms with Gasteiger partial charge in [-0.05, 0) is 42.8 Å². The topological polar surface area (TPSA) is 96.5 Å². The maximum absolute atomic E-state index is 13.6. The van der Waals surface area contributed by atoms with Crippen molar-refractivity contribution in [1.82, 2.24) is 20.0 Å². The van der Waals surface area contributed by atoms with Gasteiger partial charge in [0.1, 0.15) is 0 Å². The van der Waals surface area contributed by atoms with Crippen LogP contribution in [0.2, 0.25) is 5.02 Å². The maximum atomic E-state index is 13.6. The minimum absolute atomic E-state index is 0.200. The number of hydrogen-bond donors (Lipinski definition) is 2. The van der Waals surface area contributed by atoms with Crippen molar-refractivity contribution in [2.75, 3.05) is 24.5 Å². The lowest BCUT2D eigenvalue weighted by atomic mass is 10.1. The predicted molar refractivity (Wildman–Crippen MR) is 124 cm³/mol. The number of carbonyl (C=O) groups is 2. The number of nitrogens with zero attached hydrogens (tertiary/aromatic N) is 4. The number of aromatic nitrogens is 2. The Balaban J connectivity index is 1.66. The highest BCUT2D eigenvalue weighted by Gasteiger charge is 2.32. The first-order valence-corrected chi connectivity index (χ1v) is 10.8. The number of anilines is 1. The van der Waals surface area contributed by atoms with Crippen molar-refractivity contribution < 1.29 is 9.59 Å². The van der Waals surface area contributed by atoms with Gasteiger partial charge in [-0.2, -0.15) is 5.10 Å². The molecule has 3 amide bonds. The van der Waals surface area contributed by atoms with Crippen LogP contribution in [0.15, 0.2) is 60.9 Å². The van der Waals surface area contributed by atoms with Crippen LogP contribution in [-0.2, 0) is 6.54 Å². The van der Waals surface area contributed by atoms with E-state index in [4.69, 9.17) is 17.3 Å². The minimum Gasteiger partial charge on any atom is -0.337 e. The molecule has 32 heavy (non-hydrogen) atoms. The van der Waals surface area contributed by atoms with Crippen LogP contribution >= 0.6 is 11.6 Å². The van der Waals surface area contributed by atoms with E-state index in [0.29, 0.717) is 36.8 Å². The SMILES string of the molecule is C[C@@H]1CN(C(=O)c2ccc(-n3cccn3)cc2Cl)c2ccccc2CN1C(=O)NCCN. The molecule has 0 fully saturated rings. The molecule has 0 aliphatic carbocycles. The number of halogens is 1. The molecule has 1 aliphatic rings. The first-order valence-electron chi connectivity index (χ1n) is 10.4. The molecule has 1 aliphatic heterocycles. The number of hydrogen-bond acceptors (Lipinski definition) is 4. The second-order valence-corrected chi connectivity index (χ2v) is 8.06. The monoisotopic (exact) mass is 452 g/mol. The molecular weight excluding hydrogens is 428 g/mol. The molecule has 1 aromatic heterocycles. The minimum atomic E-state index is -0.217. The number of nitrogens with one attached hydrogen (secondary N) is 1. The Hall–Kier alpha value is -3.36. The number of rotatable bonds is 4. The van der Waals surface area contributed by atoms with E-state index in [1.807, 2.05) is 49.5 Å². The maximum Gasteiger partial charge on any atom is 0.318 e. The molecule has 2 heterocycles. The van der Waals surface area contributed by atoms with Crippen molar-refractivity contribution in [1.29, 1.82) is 0 Å². The third-order valence-electron chi connectivity index (χ3n) is 5.48. The molecule has 3 aromatic rings. The van der Waals surface area contributed by atoms with Gasteiger partial charge < -0.3 is 20.9 Å². The van der Waals surface area contributed by atoms with Gasteiger partial charge in [0.25, 0.3) is 5.91 Å². The highest BCUT2D eigenvalue weighted by molar-refractivity contribution is 6.34. The number of benzene rings is 2. The van der Waals surface area contributed by atoms with Crippen LogP contribution in [0, 0.1) is 0 Å². The summed E-state index contributed by atoms with van der Waals surface area (Å²) in [6, 6.07) is 14.3. The Bertz CT molecular complexity index is 1120. The number of para-hydroxylation sites is 1. The third kappa shape index (κ3) is 4.32. The van der Waals surface area contributed by atoms with Gasteiger partial charge in [-0.25, -0.2) is 9.48 Å². The molecule has 0 spiro atoms.